The molecular weight excluding hydrogens is 358 g/mol. The van der Waals surface area contributed by atoms with Gasteiger partial charge in [-0.25, -0.2) is 4.98 Å². The Balaban J connectivity index is 1.48. The molecule has 3 aromatic rings. The van der Waals surface area contributed by atoms with Crippen LogP contribution in [0.3, 0.4) is 0 Å². The fourth-order valence-corrected chi connectivity index (χ4v) is 4.02. The summed E-state index contributed by atoms with van der Waals surface area (Å²) in [6, 6.07) is 16.9. The molecular formula is C25H23N3O. The van der Waals surface area contributed by atoms with Crippen LogP contribution in [0.4, 0.5) is 5.82 Å². The van der Waals surface area contributed by atoms with E-state index in [1.165, 1.54) is 17.2 Å². The Labute approximate surface area is 171 Å². The van der Waals surface area contributed by atoms with E-state index < -0.39 is 0 Å². The molecule has 1 aromatic heterocycles. The molecule has 5 rings (SSSR count). The monoisotopic (exact) mass is 381 g/mol. The van der Waals surface area contributed by atoms with Gasteiger partial charge in [-0.05, 0) is 53.6 Å². The Morgan fingerprint density at radius 1 is 1.03 bits per heavy atom. The van der Waals surface area contributed by atoms with E-state index in [4.69, 9.17) is 0 Å². The lowest BCUT2D eigenvalue weighted by atomic mass is 9.99. The normalized spacial score (nSPS) is 18.5. The van der Waals surface area contributed by atoms with Gasteiger partial charge in [0.05, 0.1) is 0 Å². The lowest BCUT2D eigenvalue weighted by molar-refractivity contribution is -0.128. The topological polar surface area (TPSA) is 36.4 Å². The molecule has 1 atom stereocenters. The highest BCUT2D eigenvalue weighted by atomic mass is 16.2. The van der Waals surface area contributed by atoms with E-state index in [2.05, 4.69) is 58.1 Å². The number of carbonyl (C=O) groups is 1. The van der Waals surface area contributed by atoms with E-state index in [-0.39, 0.29) is 11.8 Å². The predicted molar refractivity (Wildman–Crippen MR) is 117 cm³/mol. The molecule has 0 radical (unpaired) electrons. The van der Waals surface area contributed by atoms with Crippen molar-refractivity contribution in [1.29, 1.82) is 0 Å². The van der Waals surface area contributed by atoms with Crippen LogP contribution in [0.25, 0.3) is 21.9 Å². The van der Waals surface area contributed by atoms with Gasteiger partial charge in [0.25, 0.3) is 0 Å². The summed E-state index contributed by atoms with van der Waals surface area (Å²) in [6.45, 7) is 2.95. The molecule has 2 saturated heterocycles. The summed E-state index contributed by atoms with van der Waals surface area (Å²) in [5, 5.41) is 2.41. The van der Waals surface area contributed by atoms with Crippen LogP contribution in [-0.4, -0.2) is 42.5 Å². The average Bonchev–Trinajstić information content (AvgIpc) is 3.03. The summed E-state index contributed by atoms with van der Waals surface area (Å²) >= 11 is 0. The molecule has 29 heavy (non-hydrogen) atoms. The van der Waals surface area contributed by atoms with Crippen molar-refractivity contribution in [3.63, 3.8) is 0 Å². The predicted octanol–water partition coefficient (Wildman–Crippen LogP) is 3.94. The molecule has 2 aliphatic rings. The molecule has 1 amide bonds. The van der Waals surface area contributed by atoms with Gasteiger partial charge >= 0.3 is 0 Å². The minimum atomic E-state index is -0.172. The fraction of sp³-hybridized carbons (Fsp3) is 0.280. The van der Waals surface area contributed by atoms with Crippen molar-refractivity contribution in [1.82, 2.24) is 9.88 Å². The fourth-order valence-electron chi connectivity index (χ4n) is 4.02. The number of aromatic nitrogens is 1. The summed E-state index contributed by atoms with van der Waals surface area (Å²) in [4.78, 5) is 20.8. The molecule has 0 N–H and O–H groups in total. The first-order chi connectivity index (χ1) is 14.2. The number of rotatable bonds is 2. The second-order valence-corrected chi connectivity index (χ2v) is 7.86. The van der Waals surface area contributed by atoms with E-state index in [0.29, 0.717) is 0 Å². The largest absolute Gasteiger partial charge is 0.356 e. The van der Waals surface area contributed by atoms with Gasteiger partial charge in [0.2, 0.25) is 5.91 Å². The number of benzene rings is 2. The molecule has 3 heterocycles. The number of hydrogen-bond acceptors (Lipinski definition) is 3. The van der Waals surface area contributed by atoms with Gasteiger partial charge < -0.3 is 9.80 Å². The van der Waals surface area contributed by atoms with Gasteiger partial charge in [0.1, 0.15) is 11.7 Å². The molecule has 0 unspecified atom stereocenters. The molecule has 0 spiro atoms. The summed E-state index contributed by atoms with van der Waals surface area (Å²) in [6.07, 6.45) is 3.95. The Morgan fingerprint density at radius 3 is 2.66 bits per heavy atom. The first-order valence-electron chi connectivity index (χ1n) is 10.2. The minimum absolute atomic E-state index is 0.134. The van der Waals surface area contributed by atoms with Crippen LogP contribution < -0.4 is 4.90 Å². The van der Waals surface area contributed by atoms with Gasteiger partial charge in [0.15, 0.2) is 0 Å². The smallest absolute Gasteiger partial charge is 0.237 e. The van der Waals surface area contributed by atoms with Crippen molar-refractivity contribution in [3.05, 3.63) is 60.3 Å². The lowest BCUT2D eigenvalue weighted by Gasteiger charge is -2.32. The number of anilines is 1. The summed E-state index contributed by atoms with van der Waals surface area (Å²) in [7, 11) is 1.84. The minimum Gasteiger partial charge on any atom is -0.356 e. The Kier molecular flexibility index (Phi) is 4.44. The third-order valence-corrected chi connectivity index (χ3v) is 5.91. The van der Waals surface area contributed by atoms with Gasteiger partial charge in [-0.15, -0.1) is 0 Å². The maximum Gasteiger partial charge on any atom is 0.237 e. The van der Waals surface area contributed by atoms with Crippen LogP contribution in [0.2, 0.25) is 0 Å². The molecule has 4 heteroatoms. The van der Waals surface area contributed by atoms with E-state index in [9.17, 15) is 4.79 Å². The summed E-state index contributed by atoms with van der Waals surface area (Å²) in [5.74, 6) is 7.42. The summed E-state index contributed by atoms with van der Waals surface area (Å²) in [5.41, 5.74) is 3.23. The van der Waals surface area contributed by atoms with Crippen molar-refractivity contribution < 1.29 is 4.79 Å². The van der Waals surface area contributed by atoms with Gasteiger partial charge in [-0.3, -0.25) is 4.79 Å². The van der Waals surface area contributed by atoms with Crippen LogP contribution in [0.1, 0.15) is 18.4 Å². The van der Waals surface area contributed by atoms with Crippen LogP contribution in [0.5, 0.6) is 0 Å². The number of hydrogen-bond donors (Lipinski definition) is 0. The quantitative estimate of drug-likeness (QED) is 0.631. The van der Waals surface area contributed by atoms with Crippen molar-refractivity contribution >= 4 is 22.5 Å². The highest BCUT2D eigenvalue weighted by molar-refractivity contribution is 5.95. The molecule has 144 valence electrons. The number of pyridine rings is 1. The second kappa shape index (κ2) is 7.25. The molecule has 2 aliphatic heterocycles. The van der Waals surface area contributed by atoms with Crippen molar-refractivity contribution in [2.45, 2.75) is 12.8 Å². The molecule has 0 aliphatic carbocycles. The Hall–Kier alpha value is -3.32. The molecule has 2 fully saturated rings. The van der Waals surface area contributed by atoms with Crippen LogP contribution in [-0.2, 0) is 4.79 Å². The number of nitrogens with zero attached hydrogens (tertiary/aromatic N) is 3. The van der Waals surface area contributed by atoms with Gasteiger partial charge in [-0.2, -0.15) is 0 Å². The second-order valence-electron chi connectivity index (χ2n) is 7.86. The first kappa shape index (κ1) is 17.8. The zero-order valence-electron chi connectivity index (χ0n) is 16.6. The van der Waals surface area contributed by atoms with E-state index in [0.717, 1.165) is 48.6 Å². The van der Waals surface area contributed by atoms with Crippen molar-refractivity contribution in [2.75, 3.05) is 31.6 Å². The Bertz CT molecular complexity index is 1150. The number of amides is 1. The molecule has 0 saturated carbocycles. The third-order valence-electron chi connectivity index (χ3n) is 5.91. The zero-order chi connectivity index (χ0) is 19.8. The maximum absolute atomic E-state index is 12.1. The van der Waals surface area contributed by atoms with Crippen LogP contribution >= 0.6 is 0 Å². The van der Waals surface area contributed by atoms with Crippen molar-refractivity contribution in [2.24, 2.45) is 5.92 Å². The Morgan fingerprint density at radius 2 is 1.90 bits per heavy atom. The van der Waals surface area contributed by atoms with Gasteiger partial charge in [-0.1, -0.05) is 36.1 Å². The third kappa shape index (κ3) is 3.34. The average molecular weight is 381 g/mol. The first-order valence-corrected chi connectivity index (χ1v) is 10.2. The molecule has 4 nitrogen and oxygen atoms in total. The van der Waals surface area contributed by atoms with Crippen molar-refractivity contribution in [3.8, 4) is 23.0 Å². The number of likely N-dealkylation sites (tertiary alicyclic amines) is 1. The van der Waals surface area contributed by atoms with E-state index in [1.54, 1.807) is 4.90 Å². The zero-order valence-corrected chi connectivity index (χ0v) is 16.6. The molecule has 2 aromatic carbocycles. The SMILES string of the molecule is CN1CC[C@@H](C#Cc2cccc(-c3ccc4ccnc(N5CCC5)c4c3)c2)C1=O. The summed E-state index contributed by atoms with van der Waals surface area (Å²) < 4.78 is 0. The van der Waals surface area contributed by atoms with E-state index in [1.807, 2.05) is 25.4 Å². The highest BCUT2D eigenvalue weighted by Crippen LogP contribution is 2.31. The molecule has 0 bridgehead atoms. The van der Waals surface area contributed by atoms with E-state index >= 15 is 0 Å². The number of fused-ring (bicyclic) bond motifs is 1. The number of carbonyl (C=O) groups excluding carboxylic acids is 1. The highest BCUT2D eigenvalue weighted by Gasteiger charge is 2.27. The van der Waals surface area contributed by atoms with Crippen LogP contribution in [0, 0.1) is 17.8 Å². The van der Waals surface area contributed by atoms with Crippen LogP contribution in [0.15, 0.2) is 54.7 Å². The standard InChI is InChI=1S/C25H23N3O/c1-27-15-11-20(25(27)29)7-6-18-4-2-5-21(16-18)22-9-8-19-10-12-26-24(23(19)17-22)28-13-3-14-28/h2,4-5,8-10,12,16-17,20H,3,11,13-15H2,1H3/t20-/m1/s1. The lowest BCUT2D eigenvalue weighted by Crippen LogP contribution is -2.37. The van der Waals surface area contributed by atoms with Gasteiger partial charge in [0, 0.05) is 43.8 Å². The maximum atomic E-state index is 12.1.